The fraction of sp³-hybridized carbons (Fsp3) is 0.0833. The molecule has 0 saturated heterocycles. The van der Waals surface area contributed by atoms with E-state index in [0.29, 0.717) is 16.2 Å². The van der Waals surface area contributed by atoms with Crippen LogP contribution in [0.15, 0.2) is 42.7 Å². The van der Waals surface area contributed by atoms with E-state index in [1.54, 1.807) is 24.3 Å². The van der Waals surface area contributed by atoms with E-state index in [1.165, 1.54) is 7.11 Å². The first-order chi connectivity index (χ1) is 9.10. The zero-order chi connectivity index (χ0) is 13.8. The predicted octanol–water partition coefficient (Wildman–Crippen LogP) is 2.03. The summed E-state index contributed by atoms with van der Waals surface area (Å²) < 4.78 is 10.8. The van der Waals surface area contributed by atoms with Crippen LogP contribution in [-0.2, 0) is 0 Å². The van der Waals surface area contributed by atoms with Crippen LogP contribution in [0.25, 0.3) is 0 Å². The van der Waals surface area contributed by atoms with Crippen molar-refractivity contribution in [2.24, 2.45) is 0 Å². The predicted molar refractivity (Wildman–Crippen MR) is 65.1 cm³/mol. The highest BCUT2D eigenvalue weighted by Gasteiger charge is 2.19. The van der Waals surface area contributed by atoms with Crippen molar-refractivity contribution >= 4 is 5.69 Å². The fourth-order valence-electron chi connectivity index (χ4n) is 1.45. The van der Waals surface area contributed by atoms with Gasteiger partial charge in [-0.1, -0.05) is 0 Å². The summed E-state index contributed by atoms with van der Waals surface area (Å²) in [5, 5.41) is 22.0. The third-order valence-electron chi connectivity index (χ3n) is 2.36. The molecule has 7 nitrogen and oxygen atoms in total. The number of aromatic nitrogens is 1. The Morgan fingerprint density at radius 3 is 2.37 bits per heavy atom. The lowest BCUT2D eigenvalue weighted by Crippen LogP contribution is -2.24. The highest BCUT2D eigenvalue weighted by Crippen LogP contribution is 2.30. The molecule has 98 valence electrons. The molecule has 2 rings (SSSR count). The van der Waals surface area contributed by atoms with Crippen LogP contribution in [0.3, 0.4) is 0 Å². The first-order valence-electron chi connectivity index (χ1n) is 5.29. The summed E-state index contributed by atoms with van der Waals surface area (Å²) in [6.45, 7) is 0. The lowest BCUT2D eigenvalue weighted by Gasteiger charge is -2.06. The molecule has 0 saturated carbocycles. The minimum Gasteiger partial charge on any atom is -0.619 e. The molecule has 0 bridgehead atoms. The molecule has 1 aromatic carbocycles. The van der Waals surface area contributed by atoms with Crippen LogP contribution >= 0.6 is 0 Å². The van der Waals surface area contributed by atoms with Gasteiger partial charge in [0.1, 0.15) is 11.5 Å². The molecule has 7 heteroatoms. The van der Waals surface area contributed by atoms with Crippen molar-refractivity contribution in [2.75, 3.05) is 7.11 Å². The number of nitro groups is 1. The first-order valence-corrected chi connectivity index (χ1v) is 5.29. The Bertz CT molecular complexity index is 598. The van der Waals surface area contributed by atoms with Crippen LogP contribution in [-0.4, -0.2) is 12.0 Å². The minimum atomic E-state index is -0.612. The van der Waals surface area contributed by atoms with Crippen LogP contribution in [0.4, 0.5) is 5.69 Å². The van der Waals surface area contributed by atoms with Gasteiger partial charge < -0.3 is 14.7 Å². The van der Waals surface area contributed by atoms with Gasteiger partial charge in [-0.25, -0.2) is 0 Å². The van der Waals surface area contributed by atoms with E-state index in [2.05, 4.69) is 0 Å². The largest absolute Gasteiger partial charge is 0.619 e. The van der Waals surface area contributed by atoms with E-state index in [0.717, 1.165) is 18.5 Å². The molecule has 0 fully saturated rings. The number of hydrogen-bond acceptors (Lipinski definition) is 5. The van der Waals surface area contributed by atoms with Crippen molar-refractivity contribution < 1.29 is 19.1 Å². The van der Waals surface area contributed by atoms with E-state index >= 15 is 0 Å². The van der Waals surface area contributed by atoms with Gasteiger partial charge in [0.15, 0.2) is 6.20 Å². The Morgan fingerprint density at radius 2 is 1.79 bits per heavy atom. The molecule has 0 radical (unpaired) electrons. The van der Waals surface area contributed by atoms with Gasteiger partial charge in [-0.15, -0.1) is 0 Å². The van der Waals surface area contributed by atoms with Crippen molar-refractivity contribution in [2.45, 2.75) is 0 Å². The highest BCUT2D eigenvalue weighted by molar-refractivity contribution is 5.45. The Labute approximate surface area is 108 Å². The normalized spacial score (nSPS) is 9.95. The fourth-order valence-corrected chi connectivity index (χ4v) is 1.45. The van der Waals surface area contributed by atoms with E-state index in [9.17, 15) is 15.3 Å². The monoisotopic (exact) mass is 262 g/mol. The molecule has 0 spiro atoms. The zero-order valence-corrected chi connectivity index (χ0v) is 9.98. The van der Waals surface area contributed by atoms with Crippen LogP contribution in [0, 0.1) is 15.3 Å². The van der Waals surface area contributed by atoms with Crippen molar-refractivity contribution in [3.05, 3.63) is 58.0 Å². The number of hydrogen-bond donors (Lipinski definition) is 0. The number of ether oxygens (including phenoxy) is 2. The molecule has 0 aliphatic carbocycles. The molecule has 1 heterocycles. The maximum absolute atomic E-state index is 11.1. The molecule has 2 aromatic rings. The molecular weight excluding hydrogens is 252 g/mol. The summed E-state index contributed by atoms with van der Waals surface area (Å²) in [5.74, 6) is 0.886. The smallest absolute Gasteiger partial charge is 0.323 e. The van der Waals surface area contributed by atoms with E-state index in [1.807, 2.05) is 0 Å². The molecule has 0 aliphatic heterocycles. The van der Waals surface area contributed by atoms with Gasteiger partial charge in [0.25, 0.3) is 5.75 Å². The van der Waals surface area contributed by atoms with Gasteiger partial charge in [0, 0.05) is 0 Å². The van der Waals surface area contributed by atoms with Gasteiger partial charge in [-0.05, 0) is 24.3 Å². The number of nitrogens with zero attached hydrogens (tertiary/aromatic N) is 2. The number of pyridine rings is 1. The van der Waals surface area contributed by atoms with Crippen LogP contribution in [0.1, 0.15) is 0 Å². The molecule has 0 aliphatic rings. The second-order valence-corrected chi connectivity index (χ2v) is 3.59. The SMILES string of the molecule is COc1ccc(Oc2c[n+]([O-])ccc2[N+](=O)[O-])cc1. The molecule has 1 aromatic heterocycles. The quantitative estimate of drug-likeness (QED) is 0.364. The Morgan fingerprint density at radius 1 is 1.16 bits per heavy atom. The van der Waals surface area contributed by atoms with E-state index in [4.69, 9.17) is 9.47 Å². The molecule has 0 atom stereocenters. The first kappa shape index (κ1) is 12.6. The second-order valence-electron chi connectivity index (χ2n) is 3.59. The molecule has 0 unspecified atom stereocenters. The standard InChI is InChI=1S/C12H10N2O5/c1-18-9-2-4-10(5-3-9)19-12-8-13(15)7-6-11(12)14(16)17/h2-8H,1H3. The average Bonchev–Trinajstić information content (AvgIpc) is 2.39. The van der Waals surface area contributed by atoms with E-state index < -0.39 is 4.92 Å². The molecule has 0 N–H and O–H groups in total. The minimum absolute atomic E-state index is 0.118. The third kappa shape index (κ3) is 2.89. The number of rotatable bonds is 4. The molecule has 0 amide bonds. The Kier molecular flexibility index (Phi) is 3.46. The van der Waals surface area contributed by atoms with Gasteiger partial charge in [-0.2, -0.15) is 4.73 Å². The maximum atomic E-state index is 11.1. The van der Waals surface area contributed by atoms with Crippen molar-refractivity contribution in [3.63, 3.8) is 0 Å². The summed E-state index contributed by atoms with van der Waals surface area (Å²) >= 11 is 0. The maximum Gasteiger partial charge on any atom is 0.323 e. The second kappa shape index (κ2) is 5.21. The lowest BCUT2D eigenvalue weighted by molar-refractivity contribution is -0.606. The summed E-state index contributed by atoms with van der Waals surface area (Å²) in [6.07, 6.45) is 2.04. The average molecular weight is 262 g/mol. The molecular formula is C12H10N2O5. The topological polar surface area (TPSA) is 88.5 Å². The number of benzene rings is 1. The van der Waals surface area contributed by atoms with E-state index in [-0.39, 0.29) is 11.4 Å². The summed E-state index contributed by atoms with van der Waals surface area (Å²) in [5.41, 5.74) is -0.275. The van der Waals surface area contributed by atoms with Gasteiger partial charge in [-0.3, -0.25) is 10.1 Å². The Hall–Kier alpha value is -2.83. The van der Waals surface area contributed by atoms with Crippen LogP contribution in [0.2, 0.25) is 0 Å². The zero-order valence-electron chi connectivity index (χ0n) is 9.98. The number of methoxy groups -OCH3 is 1. The molecule has 19 heavy (non-hydrogen) atoms. The summed E-state index contributed by atoms with van der Waals surface area (Å²) in [6, 6.07) is 7.56. The summed E-state index contributed by atoms with van der Waals surface area (Å²) in [7, 11) is 1.53. The van der Waals surface area contributed by atoms with Gasteiger partial charge in [0.2, 0.25) is 6.20 Å². The van der Waals surface area contributed by atoms with Crippen molar-refractivity contribution in [3.8, 4) is 17.2 Å². The van der Waals surface area contributed by atoms with Gasteiger partial charge >= 0.3 is 5.69 Å². The third-order valence-corrected chi connectivity index (χ3v) is 2.36. The van der Waals surface area contributed by atoms with Crippen molar-refractivity contribution in [1.29, 1.82) is 0 Å². The highest BCUT2D eigenvalue weighted by atomic mass is 16.6. The van der Waals surface area contributed by atoms with Crippen molar-refractivity contribution in [1.82, 2.24) is 0 Å². The Balaban J connectivity index is 2.31. The summed E-state index contributed by atoms with van der Waals surface area (Å²) in [4.78, 5) is 10.2. The lowest BCUT2D eigenvalue weighted by atomic mass is 10.3. The van der Waals surface area contributed by atoms with Crippen LogP contribution in [0.5, 0.6) is 17.2 Å². The van der Waals surface area contributed by atoms with Gasteiger partial charge in [0.05, 0.1) is 18.1 Å². The van der Waals surface area contributed by atoms with Crippen LogP contribution < -0.4 is 14.2 Å².